The Hall–Kier alpha value is -4.13. The molecular weight excluding hydrogens is 444 g/mol. The number of nitrogens with one attached hydrogen (secondary N) is 1. The van der Waals surface area contributed by atoms with Crippen LogP contribution in [0.1, 0.15) is 40.6 Å². The van der Waals surface area contributed by atoms with Gasteiger partial charge in [0, 0.05) is 19.5 Å². The van der Waals surface area contributed by atoms with E-state index in [1.165, 1.54) is 11.9 Å². The quantitative estimate of drug-likeness (QED) is 0.503. The number of carboxylic acid groups (broad SMARTS) is 1. The minimum Gasteiger partial charge on any atom is -0.481 e. The van der Waals surface area contributed by atoms with Crippen molar-refractivity contribution in [1.82, 2.24) is 10.2 Å². The molecule has 0 aromatic heterocycles. The highest BCUT2D eigenvalue weighted by Gasteiger charge is 2.31. The average Bonchev–Trinajstić information content (AvgIpc) is 3.18. The largest absolute Gasteiger partial charge is 0.481 e. The van der Waals surface area contributed by atoms with E-state index in [1.54, 1.807) is 12.1 Å². The fourth-order valence-corrected chi connectivity index (χ4v) is 4.40. The van der Waals surface area contributed by atoms with Crippen molar-refractivity contribution in [3.8, 4) is 11.1 Å². The molecule has 0 spiro atoms. The molecule has 0 aliphatic heterocycles. The first-order valence-corrected chi connectivity index (χ1v) is 11.5. The molecule has 1 aliphatic rings. The molecule has 0 heterocycles. The lowest BCUT2D eigenvalue weighted by atomic mass is 9.98. The maximum atomic E-state index is 13.1. The lowest BCUT2D eigenvalue weighted by molar-refractivity contribution is -0.138. The number of carboxylic acids is 1. The molecule has 1 aliphatic carbocycles. The fourth-order valence-electron chi connectivity index (χ4n) is 4.40. The molecule has 2 amide bonds. The zero-order chi connectivity index (χ0) is 24.9. The van der Waals surface area contributed by atoms with Gasteiger partial charge in [0.2, 0.25) is 5.91 Å². The lowest BCUT2D eigenvalue weighted by Gasteiger charge is -2.25. The molecule has 0 saturated carbocycles. The molecule has 1 unspecified atom stereocenters. The van der Waals surface area contributed by atoms with Crippen LogP contribution in [0.5, 0.6) is 0 Å². The number of hydrogen-bond donors (Lipinski definition) is 2. The van der Waals surface area contributed by atoms with Gasteiger partial charge in [0.15, 0.2) is 0 Å². The zero-order valence-corrected chi connectivity index (χ0v) is 19.7. The van der Waals surface area contributed by atoms with Crippen molar-refractivity contribution in [1.29, 1.82) is 0 Å². The summed E-state index contributed by atoms with van der Waals surface area (Å²) in [7, 11) is 1.52. The van der Waals surface area contributed by atoms with Gasteiger partial charge in [-0.2, -0.15) is 0 Å². The number of aliphatic carboxylic acids is 1. The van der Waals surface area contributed by atoms with Gasteiger partial charge in [-0.25, -0.2) is 4.79 Å². The van der Waals surface area contributed by atoms with Crippen molar-refractivity contribution in [3.63, 3.8) is 0 Å². The molecule has 0 saturated heterocycles. The molecule has 7 nitrogen and oxygen atoms in total. The monoisotopic (exact) mass is 472 g/mol. The Kier molecular flexibility index (Phi) is 7.15. The van der Waals surface area contributed by atoms with Crippen LogP contribution in [0.15, 0.2) is 72.8 Å². The Morgan fingerprint density at radius 3 is 2.09 bits per heavy atom. The van der Waals surface area contributed by atoms with E-state index < -0.39 is 24.0 Å². The minimum atomic E-state index is -0.999. The molecule has 3 aromatic rings. The van der Waals surface area contributed by atoms with E-state index in [2.05, 4.69) is 17.4 Å². The Labute approximate surface area is 204 Å². The van der Waals surface area contributed by atoms with E-state index in [0.29, 0.717) is 5.56 Å². The van der Waals surface area contributed by atoms with Crippen LogP contribution in [0.25, 0.3) is 11.1 Å². The average molecular weight is 473 g/mol. The second-order valence-corrected chi connectivity index (χ2v) is 8.72. The first-order valence-electron chi connectivity index (χ1n) is 11.5. The number of amides is 2. The second-order valence-electron chi connectivity index (χ2n) is 8.72. The molecule has 3 aromatic carbocycles. The maximum Gasteiger partial charge on any atom is 0.408 e. The van der Waals surface area contributed by atoms with Gasteiger partial charge in [-0.1, -0.05) is 78.4 Å². The number of fused-ring (bicyclic) bond motifs is 3. The molecule has 180 valence electrons. The molecule has 4 rings (SSSR count). The van der Waals surface area contributed by atoms with Crippen molar-refractivity contribution >= 4 is 18.0 Å². The summed E-state index contributed by atoms with van der Waals surface area (Å²) in [4.78, 5) is 38.2. The highest BCUT2D eigenvalue weighted by atomic mass is 16.5. The number of alkyl carbamates (subject to hydrolysis) is 1. The number of aryl methyl sites for hydroxylation is 1. The summed E-state index contributed by atoms with van der Waals surface area (Å²) in [5.41, 5.74) is 6.06. The Balaban J connectivity index is 1.49. The minimum absolute atomic E-state index is 0.0307. The normalized spacial score (nSPS) is 12.9. The van der Waals surface area contributed by atoms with E-state index in [9.17, 15) is 14.4 Å². The third kappa shape index (κ3) is 5.35. The highest BCUT2D eigenvalue weighted by Crippen LogP contribution is 2.44. The van der Waals surface area contributed by atoms with Crippen molar-refractivity contribution < 1.29 is 24.2 Å². The number of hydrogen-bond acceptors (Lipinski definition) is 4. The standard InChI is InChI=1S/C28H28N2O5/c1-18-11-13-19(14-12-18)26(27(33)30(2)16-15-25(31)32)29-28(34)35-17-24-22-9-5-3-7-20(22)21-8-4-6-10-23(21)24/h3-14,24,26H,15-17H2,1-2H3,(H,29,34)(H,31,32). The van der Waals surface area contributed by atoms with Gasteiger partial charge in [0.05, 0.1) is 6.42 Å². The smallest absolute Gasteiger partial charge is 0.408 e. The molecular formula is C28H28N2O5. The van der Waals surface area contributed by atoms with Gasteiger partial charge in [0.1, 0.15) is 12.6 Å². The number of rotatable bonds is 8. The van der Waals surface area contributed by atoms with Crippen LogP contribution in [-0.2, 0) is 14.3 Å². The van der Waals surface area contributed by atoms with E-state index in [0.717, 1.165) is 27.8 Å². The third-order valence-electron chi connectivity index (χ3n) is 6.30. The van der Waals surface area contributed by atoms with Gasteiger partial charge in [0.25, 0.3) is 0 Å². The molecule has 0 fully saturated rings. The lowest BCUT2D eigenvalue weighted by Crippen LogP contribution is -2.42. The van der Waals surface area contributed by atoms with E-state index in [1.807, 2.05) is 55.5 Å². The topological polar surface area (TPSA) is 95.9 Å². The summed E-state index contributed by atoms with van der Waals surface area (Å²) < 4.78 is 5.63. The van der Waals surface area contributed by atoms with Crippen LogP contribution in [0.2, 0.25) is 0 Å². The number of likely N-dealkylation sites (N-methyl/N-ethyl adjacent to an activating group) is 1. The van der Waals surface area contributed by atoms with Gasteiger partial charge in [-0.15, -0.1) is 0 Å². The number of benzene rings is 3. The van der Waals surface area contributed by atoms with Gasteiger partial charge in [-0.05, 0) is 34.7 Å². The van der Waals surface area contributed by atoms with Crippen LogP contribution in [0, 0.1) is 6.92 Å². The van der Waals surface area contributed by atoms with Crippen LogP contribution < -0.4 is 5.32 Å². The summed E-state index contributed by atoms with van der Waals surface area (Å²) in [5, 5.41) is 11.7. The Morgan fingerprint density at radius 2 is 1.51 bits per heavy atom. The third-order valence-corrected chi connectivity index (χ3v) is 6.30. The van der Waals surface area contributed by atoms with Gasteiger partial charge < -0.3 is 20.1 Å². The van der Waals surface area contributed by atoms with E-state index in [-0.39, 0.29) is 25.5 Å². The van der Waals surface area contributed by atoms with Gasteiger partial charge >= 0.3 is 12.1 Å². The first kappa shape index (κ1) is 24.0. The Morgan fingerprint density at radius 1 is 0.943 bits per heavy atom. The summed E-state index contributed by atoms with van der Waals surface area (Å²) in [5.74, 6) is -1.51. The highest BCUT2D eigenvalue weighted by molar-refractivity contribution is 5.87. The molecule has 1 atom stereocenters. The van der Waals surface area contributed by atoms with Crippen LogP contribution >= 0.6 is 0 Å². The predicted octanol–water partition coefficient (Wildman–Crippen LogP) is 4.51. The molecule has 7 heteroatoms. The number of ether oxygens (including phenoxy) is 1. The number of carbonyl (C=O) groups excluding carboxylic acids is 2. The molecule has 2 N–H and O–H groups in total. The van der Waals surface area contributed by atoms with Crippen molar-refractivity contribution in [2.24, 2.45) is 0 Å². The van der Waals surface area contributed by atoms with Crippen molar-refractivity contribution in [2.75, 3.05) is 20.2 Å². The van der Waals surface area contributed by atoms with Gasteiger partial charge in [-0.3, -0.25) is 9.59 Å². The number of nitrogens with zero attached hydrogens (tertiary/aromatic N) is 1. The van der Waals surface area contributed by atoms with Crippen LogP contribution in [-0.4, -0.2) is 48.2 Å². The molecule has 35 heavy (non-hydrogen) atoms. The van der Waals surface area contributed by atoms with Crippen molar-refractivity contribution in [2.45, 2.75) is 25.3 Å². The summed E-state index contributed by atoms with van der Waals surface area (Å²) in [6, 6.07) is 22.4. The second kappa shape index (κ2) is 10.4. The molecule has 0 bridgehead atoms. The van der Waals surface area contributed by atoms with E-state index >= 15 is 0 Å². The summed E-state index contributed by atoms with van der Waals surface area (Å²) in [6.07, 6.45) is -0.897. The van der Waals surface area contributed by atoms with Crippen LogP contribution in [0.3, 0.4) is 0 Å². The Bertz CT molecular complexity index is 1190. The van der Waals surface area contributed by atoms with E-state index in [4.69, 9.17) is 9.84 Å². The summed E-state index contributed by atoms with van der Waals surface area (Å²) >= 11 is 0. The maximum absolute atomic E-state index is 13.1. The molecule has 0 radical (unpaired) electrons. The zero-order valence-electron chi connectivity index (χ0n) is 19.7. The number of carbonyl (C=O) groups is 3. The predicted molar refractivity (Wildman–Crippen MR) is 132 cm³/mol. The SMILES string of the molecule is Cc1ccc(C(NC(=O)OCC2c3ccccc3-c3ccccc32)C(=O)N(C)CCC(=O)O)cc1. The summed E-state index contributed by atoms with van der Waals surface area (Å²) in [6.45, 7) is 2.09. The van der Waals surface area contributed by atoms with Crippen molar-refractivity contribution in [3.05, 3.63) is 95.1 Å². The fraction of sp³-hybridized carbons (Fsp3) is 0.250. The first-order chi connectivity index (χ1) is 16.8. The van der Waals surface area contributed by atoms with Crippen LogP contribution in [0.4, 0.5) is 4.79 Å².